The van der Waals surface area contributed by atoms with Crippen LogP contribution in [0.15, 0.2) is 60.7 Å². The summed E-state index contributed by atoms with van der Waals surface area (Å²) >= 11 is 0. The van der Waals surface area contributed by atoms with Gasteiger partial charge in [0.2, 0.25) is 5.91 Å². The Morgan fingerprint density at radius 1 is 0.725 bits per heavy atom. The summed E-state index contributed by atoms with van der Waals surface area (Å²) in [4.78, 5) is 48.9. The number of unbranched alkanes of at least 4 members (excludes halogenated alkanes) is 1. The average Bonchev–Trinajstić information content (AvgIpc) is 2.92. The minimum Gasteiger partial charge on any atom is -0.458 e. The first-order valence-corrected chi connectivity index (χ1v) is 13.5. The van der Waals surface area contributed by atoms with Crippen molar-refractivity contribution in [2.75, 3.05) is 13.1 Å². The largest absolute Gasteiger partial charge is 0.458 e. The molecular weight excluding hydrogens is 514 g/mol. The van der Waals surface area contributed by atoms with Gasteiger partial charge in [-0.1, -0.05) is 60.7 Å². The van der Waals surface area contributed by atoms with E-state index < -0.39 is 29.8 Å². The lowest BCUT2D eigenvalue weighted by atomic mass is 10.1. The van der Waals surface area contributed by atoms with Crippen molar-refractivity contribution in [1.82, 2.24) is 16.0 Å². The number of nitrogens with one attached hydrogen (secondary N) is 3. The topological polar surface area (TPSA) is 132 Å². The van der Waals surface area contributed by atoms with E-state index in [4.69, 9.17) is 14.2 Å². The van der Waals surface area contributed by atoms with Crippen LogP contribution < -0.4 is 16.0 Å². The Morgan fingerprint density at radius 2 is 1.23 bits per heavy atom. The Bertz CT molecular complexity index is 1060. The van der Waals surface area contributed by atoms with Crippen molar-refractivity contribution in [3.8, 4) is 0 Å². The second-order valence-corrected chi connectivity index (χ2v) is 10.2. The molecule has 0 spiro atoms. The average molecular weight is 556 g/mol. The predicted molar refractivity (Wildman–Crippen MR) is 150 cm³/mol. The number of esters is 1. The normalized spacial score (nSPS) is 11.6. The van der Waals surface area contributed by atoms with Crippen LogP contribution in [0.4, 0.5) is 9.59 Å². The van der Waals surface area contributed by atoms with Crippen molar-refractivity contribution in [3.05, 3.63) is 71.8 Å². The Kier molecular flexibility index (Phi) is 14.1. The minimum absolute atomic E-state index is 0.118. The predicted octanol–water partition coefficient (Wildman–Crippen LogP) is 4.62. The van der Waals surface area contributed by atoms with Gasteiger partial charge in [0.1, 0.15) is 24.9 Å². The molecular formula is C30H41N3O7. The second kappa shape index (κ2) is 17.5. The van der Waals surface area contributed by atoms with E-state index in [0.717, 1.165) is 11.1 Å². The fraction of sp³-hybridized carbons (Fsp3) is 0.467. The van der Waals surface area contributed by atoms with Crippen LogP contribution in [0.2, 0.25) is 0 Å². The molecule has 0 heterocycles. The van der Waals surface area contributed by atoms with E-state index in [1.807, 2.05) is 60.7 Å². The van der Waals surface area contributed by atoms with Gasteiger partial charge < -0.3 is 30.2 Å². The van der Waals surface area contributed by atoms with E-state index in [1.54, 1.807) is 20.8 Å². The molecule has 0 unspecified atom stereocenters. The number of alkyl carbamates (subject to hydrolysis) is 2. The van der Waals surface area contributed by atoms with Crippen LogP contribution >= 0.6 is 0 Å². The van der Waals surface area contributed by atoms with Crippen molar-refractivity contribution in [3.63, 3.8) is 0 Å². The van der Waals surface area contributed by atoms with Crippen molar-refractivity contribution < 1.29 is 33.4 Å². The molecule has 2 aromatic carbocycles. The van der Waals surface area contributed by atoms with Gasteiger partial charge in [-0.15, -0.1) is 0 Å². The van der Waals surface area contributed by atoms with Gasteiger partial charge in [0.15, 0.2) is 0 Å². The van der Waals surface area contributed by atoms with Gasteiger partial charge in [0.05, 0.1) is 0 Å². The van der Waals surface area contributed by atoms with Gasteiger partial charge in [-0.3, -0.25) is 4.79 Å². The molecule has 0 radical (unpaired) electrons. The summed E-state index contributed by atoms with van der Waals surface area (Å²) in [7, 11) is 0. The number of carbonyl (C=O) groups excluding carboxylic acids is 4. The number of amides is 3. The molecule has 2 rings (SSSR count). The maximum atomic E-state index is 12.7. The first-order chi connectivity index (χ1) is 19.1. The van der Waals surface area contributed by atoms with Crippen LogP contribution in [0, 0.1) is 0 Å². The SMILES string of the molecule is CC(C)(C)OC(=O)[C@H](CCCCNC(=O)OCc1ccccc1)NC(=O)CCCNC(=O)OCc1ccccc1. The molecule has 0 fully saturated rings. The van der Waals surface area contributed by atoms with Crippen LogP contribution in [0.25, 0.3) is 0 Å². The molecule has 0 aliphatic heterocycles. The van der Waals surface area contributed by atoms with Crippen molar-refractivity contribution in [2.24, 2.45) is 0 Å². The number of hydrogen-bond donors (Lipinski definition) is 3. The Labute approximate surface area is 236 Å². The lowest BCUT2D eigenvalue weighted by Gasteiger charge is -2.24. The Balaban J connectivity index is 1.67. The highest BCUT2D eigenvalue weighted by atomic mass is 16.6. The number of rotatable bonds is 15. The summed E-state index contributed by atoms with van der Waals surface area (Å²) < 4.78 is 15.8. The first kappa shape index (κ1) is 32.1. The molecule has 0 saturated carbocycles. The van der Waals surface area contributed by atoms with E-state index in [2.05, 4.69) is 16.0 Å². The second-order valence-electron chi connectivity index (χ2n) is 10.2. The molecule has 10 nitrogen and oxygen atoms in total. The van der Waals surface area contributed by atoms with Gasteiger partial charge >= 0.3 is 18.2 Å². The quantitative estimate of drug-likeness (QED) is 0.166. The third-order valence-corrected chi connectivity index (χ3v) is 5.49. The molecule has 0 saturated heterocycles. The van der Waals surface area contributed by atoms with Gasteiger partial charge in [-0.05, 0) is 57.6 Å². The fourth-order valence-corrected chi connectivity index (χ4v) is 3.54. The van der Waals surface area contributed by atoms with E-state index in [1.165, 1.54) is 0 Å². The first-order valence-electron chi connectivity index (χ1n) is 13.5. The van der Waals surface area contributed by atoms with E-state index in [9.17, 15) is 19.2 Å². The summed E-state index contributed by atoms with van der Waals surface area (Å²) in [5.41, 5.74) is 1.07. The van der Waals surface area contributed by atoms with Crippen LogP contribution in [0.1, 0.15) is 64.0 Å². The zero-order chi connectivity index (χ0) is 29.2. The van der Waals surface area contributed by atoms with Crippen molar-refractivity contribution in [1.29, 1.82) is 0 Å². The van der Waals surface area contributed by atoms with Crippen molar-refractivity contribution in [2.45, 2.75) is 77.7 Å². The number of benzene rings is 2. The zero-order valence-electron chi connectivity index (χ0n) is 23.6. The van der Waals surface area contributed by atoms with E-state index in [-0.39, 0.29) is 32.1 Å². The summed E-state index contributed by atoms with van der Waals surface area (Å²) in [6.45, 7) is 6.25. The monoisotopic (exact) mass is 555 g/mol. The third-order valence-electron chi connectivity index (χ3n) is 5.49. The maximum absolute atomic E-state index is 12.7. The lowest BCUT2D eigenvalue weighted by Crippen LogP contribution is -2.44. The Morgan fingerprint density at radius 3 is 1.73 bits per heavy atom. The molecule has 40 heavy (non-hydrogen) atoms. The minimum atomic E-state index is -0.819. The molecule has 2 aromatic rings. The third kappa shape index (κ3) is 14.8. The fourth-order valence-electron chi connectivity index (χ4n) is 3.54. The van der Waals surface area contributed by atoms with Crippen LogP contribution in [-0.4, -0.2) is 48.8 Å². The van der Waals surface area contributed by atoms with Crippen LogP contribution in [-0.2, 0) is 37.0 Å². The van der Waals surface area contributed by atoms with Gasteiger partial charge in [0, 0.05) is 19.5 Å². The van der Waals surface area contributed by atoms with Crippen molar-refractivity contribution >= 4 is 24.1 Å². The summed E-state index contributed by atoms with van der Waals surface area (Å²) in [6, 6.07) is 17.9. The molecule has 0 aliphatic rings. The highest BCUT2D eigenvalue weighted by Crippen LogP contribution is 2.12. The molecule has 1 atom stereocenters. The standard InChI is InChI=1S/C30H41N3O7/c1-30(2,3)40-27(35)25(17-10-11-19-31-28(36)38-21-23-13-6-4-7-14-23)33-26(34)18-12-20-32-29(37)39-22-24-15-8-5-9-16-24/h4-9,13-16,25H,10-12,17-22H2,1-3H3,(H,31,36)(H,32,37)(H,33,34)/t25-/m0/s1. The molecule has 3 N–H and O–H groups in total. The number of carbonyl (C=O) groups is 4. The molecule has 0 aromatic heterocycles. The van der Waals surface area contributed by atoms with Crippen LogP contribution in [0.5, 0.6) is 0 Å². The number of ether oxygens (including phenoxy) is 3. The smallest absolute Gasteiger partial charge is 0.407 e. The molecule has 218 valence electrons. The van der Waals surface area contributed by atoms with Gasteiger partial charge in [-0.25, -0.2) is 14.4 Å². The molecule has 0 aliphatic carbocycles. The molecule has 0 bridgehead atoms. The Hall–Kier alpha value is -4.08. The number of hydrogen-bond acceptors (Lipinski definition) is 7. The van der Waals surface area contributed by atoms with Crippen LogP contribution in [0.3, 0.4) is 0 Å². The van der Waals surface area contributed by atoms with Gasteiger partial charge in [-0.2, -0.15) is 0 Å². The van der Waals surface area contributed by atoms with E-state index in [0.29, 0.717) is 32.2 Å². The zero-order valence-corrected chi connectivity index (χ0v) is 23.6. The molecule has 3 amide bonds. The van der Waals surface area contributed by atoms with E-state index >= 15 is 0 Å². The van der Waals surface area contributed by atoms with Gasteiger partial charge in [0.25, 0.3) is 0 Å². The summed E-state index contributed by atoms with van der Waals surface area (Å²) in [5.74, 6) is -0.836. The molecule has 10 heteroatoms. The summed E-state index contributed by atoms with van der Waals surface area (Å²) in [5, 5.41) is 8.04. The summed E-state index contributed by atoms with van der Waals surface area (Å²) in [6.07, 6.45) is 0.926. The highest BCUT2D eigenvalue weighted by molar-refractivity contribution is 5.84. The lowest BCUT2D eigenvalue weighted by molar-refractivity contribution is -0.158. The maximum Gasteiger partial charge on any atom is 0.407 e. The highest BCUT2D eigenvalue weighted by Gasteiger charge is 2.26.